The molecule has 2 aromatic heterocycles. The second-order valence-electron chi connectivity index (χ2n) is 5.91. The van der Waals surface area contributed by atoms with Crippen molar-refractivity contribution < 1.29 is 4.79 Å². The highest BCUT2D eigenvalue weighted by Crippen LogP contribution is 2.26. The van der Waals surface area contributed by atoms with E-state index < -0.39 is 0 Å². The van der Waals surface area contributed by atoms with Crippen molar-refractivity contribution in [1.82, 2.24) is 19.9 Å². The van der Waals surface area contributed by atoms with Gasteiger partial charge in [0.1, 0.15) is 0 Å². The molecule has 124 valence electrons. The third-order valence-electron chi connectivity index (χ3n) is 4.19. The first-order valence-electron chi connectivity index (χ1n) is 7.66. The van der Waals surface area contributed by atoms with Crippen molar-refractivity contribution >= 4 is 46.5 Å². The summed E-state index contributed by atoms with van der Waals surface area (Å²) in [6.07, 6.45) is 6.40. The summed E-state index contributed by atoms with van der Waals surface area (Å²) in [6, 6.07) is 1.91. The van der Waals surface area contributed by atoms with Gasteiger partial charge in [-0.3, -0.25) is 9.20 Å². The first-order valence-corrected chi connectivity index (χ1v) is 9.40. The molecule has 2 heterocycles. The van der Waals surface area contributed by atoms with E-state index in [0.29, 0.717) is 32.5 Å². The number of rotatable bonds is 4. The van der Waals surface area contributed by atoms with Gasteiger partial charge in [0, 0.05) is 12.2 Å². The Morgan fingerprint density at radius 1 is 1.39 bits per heavy atom. The first kappa shape index (κ1) is 16.9. The normalized spacial score (nSPS) is 21.5. The standard InChI is InChI=1S/C15H18Cl2N4OS/c1-9-4-2-3-5-12(9)18-13(22)8-23-15-20-19-14-11(17)6-10(16)7-21(14)15/h6-7,9,12H,2-5,8H2,1H3,(H,18,22)/t9-,12+/m0/s1. The summed E-state index contributed by atoms with van der Waals surface area (Å²) in [7, 11) is 0. The third-order valence-corrected chi connectivity index (χ3v) is 5.61. The smallest absolute Gasteiger partial charge is 0.230 e. The van der Waals surface area contributed by atoms with Crippen LogP contribution in [-0.4, -0.2) is 32.3 Å². The number of halogens is 2. The molecule has 0 spiro atoms. The first-order chi connectivity index (χ1) is 11.0. The zero-order valence-corrected chi connectivity index (χ0v) is 15.1. The van der Waals surface area contributed by atoms with Crippen LogP contribution < -0.4 is 5.32 Å². The molecule has 8 heteroatoms. The molecule has 1 N–H and O–H groups in total. The van der Waals surface area contributed by atoms with Gasteiger partial charge in [-0.25, -0.2) is 0 Å². The van der Waals surface area contributed by atoms with Crippen LogP contribution >= 0.6 is 35.0 Å². The Morgan fingerprint density at radius 2 is 2.17 bits per heavy atom. The van der Waals surface area contributed by atoms with Crippen molar-refractivity contribution in [2.45, 2.75) is 43.8 Å². The second-order valence-corrected chi connectivity index (χ2v) is 7.69. The van der Waals surface area contributed by atoms with Gasteiger partial charge in [-0.15, -0.1) is 10.2 Å². The summed E-state index contributed by atoms with van der Waals surface area (Å²) in [4.78, 5) is 12.2. The van der Waals surface area contributed by atoms with E-state index in [9.17, 15) is 4.79 Å². The number of carbonyl (C=O) groups is 1. The molecule has 1 aliphatic rings. The zero-order chi connectivity index (χ0) is 16.4. The predicted octanol–water partition coefficient (Wildman–Crippen LogP) is 3.82. The van der Waals surface area contributed by atoms with Crippen LogP contribution in [0.15, 0.2) is 17.4 Å². The Morgan fingerprint density at radius 3 is 2.96 bits per heavy atom. The number of nitrogens with zero attached hydrogens (tertiary/aromatic N) is 3. The Kier molecular flexibility index (Phi) is 5.34. The topological polar surface area (TPSA) is 59.3 Å². The Labute approximate surface area is 149 Å². The highest BCUT2D eigenvalue weighted by atomic mass is 35.5. The van der Waals surface area contributed by atoms with Crippen LogP contribution in [0.25, 0.3) is 5.65 Å². The molecule has 0 saturated heterocycles. The third kappa shape index (κ3) is 3.92. The van der Waals surface area contributed by atoms with E-state index in [1.165, 1.54) is 31.0 Å². The lowest BCUT2D eigenvalue weighted by atomic mass is 9.86. The quantitative estimate of drug-likeness (QED) is 0.828. The predicted molar refractivity (Wildman–Crippen MR) is 93.3 cm³/mol. The highest BCUT2D eigenvalue weighted by Gasteiger charge is 2.23. The van der Waals surface area contributed by atoms with Gasteiger partial charge < -0.3 is 5.32 Å². The van der Waals surface area contributed by atoms with Crippen LogP contribution in [0, 0.1) is 5.92 Å². The van der Waals surface area contributed by atoms with Crippen molar-refractivity contribution in [3.8, 4) is 0 Å². The number of hydrogen-bond acceptors (Lipinski definition) is 4. The summed E-state index contributed by atoms with van der Waals surface area (Å²) in [5.74, 6) is 0.872. The Balaban J connectivity index is 1.63. The van der Waals surface area contributed by atoms with E-state index in [1.807, 2.05) is 0 Å². The fourth-order valence-electron chi connectivity index (χ4n) is 2.91. The van der Waals surface area contributed by atoms with Gasteiger partial charge in [0.05, 0.1) is 15.8 Å². The van der Waals surface area contributed by atoms with Crippen molar-refractivity contribution in [1.29, 1.82) is 0 Å². The molecule has 0 aliphatic heterocycles. The van der Waals surface area contributed by atoms with Crippen LogP contribution in [0.3, 0.4) is 0 Å². The number of pyridine rings is 1. The maximum absolute atomic E-state index is 12.2. The SMILES string of the molecule is C[C@H]1CCCC[C@H]1NC(=O)CSc1nnc2c(Cl)cc(Cl)cn12. The fraction of sp³-hybridized carbons (Fsp3) is 0.533. The lowest BCUT2D eigenvalue weighted by Gasteiger charge is -2.29. The summed E-state index contributed by atoms with van der Waals surface area (Å²) in [6.45, 7) is 2.20. The van der Waals surface area contributed by atoms with Crippen molar-refractivity contribution in [3.05, 3.63) is 22.3 Å². The average Bonchev–Trinajstić information content (AvgIpc) is 2.91. The minimum Gasteiger partial charge on any atom is -0.352 e. The van der Waals surface area contributed by atoms with Crippen LogP contribution in [-0.2, 0) is 4.79 Å². The number of thioether (sulfide) groups is 1. The maximum Gasteiger partial charge on any atom is 0.230 e. The number of hydrogen-bond donors (Lipinski definition) is 1. The molecule has 1 aliphatic carbocycles. The van der Waals surface area contributed by atoms with Crippen LogP contribution in [0.2, 0.25) is 10.0 Å². The highest BCUT2D eigenvalue weighted by molar-refractivity contribution is 7.99. The summed E-state index contributed by atoms with van der Waals surface area (Å²) >= 11 is 13.4. The molecule has 5 nitrogen and oxygen atoms in total. The van der Waals surface area contributed by atoms with Gasteiger partial charge in [0.2, 0.25) is 5.91 Å². The number of carbonyl (C=O) groups excluding carboxylic acids is 1. The van der Waals surface area contributed by atoms with E-state index in [4.69, 9.17) is 23.2 Å². The molecule has 0 aromatic carbocycles. The Bertz CT molecular complexity index is 721. The lowest BCUT2D eigenvalue weighted by molar-refractivity contribution is -0.119. The lowest BCUT2D eigenvalue weighted by Crippen LogP contribution is -2.41. The Hall–Kier alpha value is -0.980. The number of nitrogens with one attached hydrogen (secondary N) is 1. The van der Waals surface area contributed by atoms with Gasteiger partial charge in [-0.2, -0.15) is 0 Å². The molecule has 1 amide bonds. The van der Waals surface area contributed by atoms with E-state index in [1.54, 1.807) is 16.7 Å². The number of aromatic nitrogens is 3. The minimum atomic E-state index is 0.0265. The molecule has 0 unspecified atom stereocenters. The molecule has 2 aromatic rings. The van der Waals surface area contributed by atoms with E-state index in [2.05, 4.69) is 22.4 Å². The second kappa shape index (κ2) is 7.28. The van der Waals surface area contributed by atoms with E-state index in [0.717, 1.165) is 6.42 Å². The zero-order valence-electron chi connectivity index (χ0n) is 12.8. The molecule has 23 heavy (non-hydrogen) atoms. The maximum atomic E-state index is 12.2. The van der Waals surface area contributed by atoms with Crippen LogP contribution in [0.1, 0.15) is 32.6 Å². The van der Waals surface area contributed by atoms with Crippen LogP contribution in [0.4, 0.5) is 0 Å². The summed E-state index contributed by atoms with van der Waals surface area (Å²) < 4.78 is 1.71. The van der Waals surface area contributed by atoms with Crippen LogP contribution in [0.5, 0.6) is 0 Å². The van der Waals surface area contributed by atoms with Gasteiger partial charge >= 0.3 is 0 Å². The molecule has 1 fully saturated rings. The van der Waals surface area contributed by atoms with Gasteiger partial charge in [0.15, 0.2) is 10.8 Å². The molecule has 2 atom stereocenters. The summed E-state index contributed by atoms with van der Waals surface area (Å²) in [5, 5.41) is 12.8. The number of fused-ring (bicyclic) bond motifs is 1. The molecular formula is C15H18Cl2N4OS. The fourth-order valence-corrected chi connectivity index (χ4v) is 4.14. The largest absolute Gasteiger partial charge is 0.352 e. The molecular weight excluding hydrogens is 355 g/mol. The molecule has 3 rings (SSSR count). The number of amides is 1. The van der Waals surface area contributed by atoms with Crippen molar-refractivity contribution in [2.75, 3.05) is 5.75 Å². The monoisotopic (exact) mass is 372 g/mol. The van der Waals surface area contributed by atoms with E-state index >= 15 is 0 Å². The van der Waals surface area contributed by atoms with Gasteiger partial charge in [0.25, 0.3) is 0 Å². The average molecular weight is 373 g/mol. The van der Waals surface area contributed by atoms with Crippen molar-refractivity contribution in [2.24, 2.45) is 5.92 Å². The molecule has 0 radical (unpaired) electrons. The van der Waals surface area contributed by atoms with Gasteiger partial charge in [-0.05, 0) is 24.8 Å². The van der Waals surface area contributed by atoms with Gasteiger partial charge in [-0.1, -0.05) is 54.7 Å². The minimum absolute atomic E-state index is 0.0265. The summed E-state index contributed by atoms with van der Waals surface area (Å²) in [5.41, 5.74) is 0.542. The molecule has 1 saturated carbocycles. The van der Waals surface area contributed by atoms with Crippen molar-refractivity contribution in [3.63, 3.8) is 0 Å². The molecule has 0 bridgehead atoms. The van der Waals surface area contributed by atoms with E-state index in [-0.39, 0.29) is 11.9 Å².